The van der Waals surface area contributed by atoms with Crippen molar-refractivity contribution in [1.82, 2.24) is 20.1 Å². The lowest BCUT2D eigenvalue weighted by Crippen LogP contribution is -2.24. The zero-order chi connectivity index (χ0) is 21.3. The van der Waals surface area contributed by atoms with Crippen molar-refractivity contribution in [2.24, 2.45) is 5.92 Å². The van der Waals surface area contributed by atoms with E-state index in [-0.39, 0.29) is 0 Å². The maximum absolute atomic E-state index is 6.03. The number of benzene rings is 1. The normalized spacial score (nSPS) is 12.3. The Morgan fingerprint density at radius 1 is 1.10 bits per heavy atom. The number of halogens is 1. The Balaban J connectivity index is 1.61. The molecule has 0 aliphatic rings. The van der Waals surface area contributed by atoms with Gasteiger partial charge in [0.2, 0.25) is 0 Å². The first-order valence-electron chi connectivity index (χ1n) is 10.8. The number of nitrogens with one attached hydrogen (secondary N) is 2. The minimum Gasteiger partial charge on any atom is -0.370 e. The molecule has 1 atom stereocenters. The van der Waals surface area contributed by atoms with Gasteiger partial charge in [0.15, 0.2) is 0 Å². The van der Waals surface area contributed by atoms with Crippen molar-refractivity contribution < 1.29 is 0 Å². The lowest BCUT2D eigenvalue weighted by molar-refractivity contribution is 0.289. The summed E-state index contributed by atoms with van der Waals surface area (Å²) in [6, 6.07) is 11.9. The molecule has 2 heterocycles. The third-order valence-electron chi connectivity index (χ3n) is 5.54. The molecule has 1 aromatic carbocycles. The largest absolute Gasteiger partial charge is 0.370 e. The predicted molar refractivity (Wildman–Crippen MR) is 127 cm³/mol. The second-order valence-electron chi connectivity index (χ2n) is 7.75. The lowest BCUT2D eigenvalue weighted by atomic mass is 10.0. The monoisotopic (exact) mass is 425 g/mol. The van der Waals surface area contributed by atoms with E-state index in [2.05, 4.69) is 52.2 Å². The smallest absolute Gasteiger partial charge is 0.126 e. The molecular weight excluding hydrogens is 394 g/mol. The van der Waals surface area contributed by atoms with E-state index in [4.69, 9.17) is 11.6 Å². The fraction of sp³-hybridized carbons (Fsp3) is 0.417. The number of aromatic nitrogens is 3. The number of anilines is 1. The molecule has 5 nitrogen and oxygen atoms in total. The SMILES string of the molecule is CCN(CC)CCCC(C)CNc1cc(-c2cn[nH]c2-c2ccc(Cl)cc2)ccn1. The quantitative estimate of drug-likeness (QED) is 0.397. The molecule has 6 heteroatoms. The first-order chi connectivity index (χ1) is 14.6. The van der Waals surface area contributed by atoms with Gasteiger partial charge in [-0.15, -0.1) is 0 Å². The molecule has 0 saturated carbocycles. The van der Waals surface area contributed by atoms with E-state index in [1.54, 1.807) is 0 Å². The molecule has 0 aliphatic carbocycles. The summed E-state index contributed by atoms with van der Waals surface area (Å²) in [6.45, 7) is 11.1. The second-order valence-corrected chi connectivity index (χ2v) is 8.19. The Morgan fingerprint density at radius 3 is 2.60 bits per heavy atom. The summed E-state index contributed by atoms with van der Waals surface area (Å²) in [5, 5.41) is 11.6. The fourth-order valence-corrected chi connectivity index (χ4v) is 3.75. The highest BCUT2D eigenvalue weighted by Crippen LogP contribution is 2.31. The number of pyridine rings is 1. The molecule has 1 unspecified atom stereocenters. The van der Waals surface area contributed by atoms with E-state index in [0.717, 1.165) is 52.9 Å². The standard InChI is InChI=1S/C24H32ClN5/c1-4-30(5-2)14-6-7-18(3)16-27-23-15-20(12-13-26-23)22-17-28-29-24(22)19-8-10-21(25)11-9-19/h8-13,15,17-18H,4-7,14,16H2,1-3H3,(H,26,27)(H,28,29). The highest BCUT2D eigenvalue weighted by atomic mass is 35.5. The van der Waals surface area contributed by atoms with E-state index in [1.165, 1.54) is 19.4 Å². The third kappa shape index (κ3) is 6.07. The van der Waals surface area contributed by atoms with Crippen molar-refractivity contribution >= 4 is 17.4 Å². The van der Waals surface area contributed by atoms with Crippen LogP contribution in [0.1, 0.15) is 33.6 Å². The van der Waals surface area contributed by atoms with Gasteiger partial charge in [-0.05, 0) is 68.2 Å². The Hall–Kier alpha value is -2.37. The number of rotatable bonds is 11. The van der Waals surface area contributed by atoms with Crippen molar-refractivity contribution in [1.29, 1.82) is 0 Å². The molecule has 0 saturated heterocycles. The minimum atomic E-state index is 0.601. The van der Waals surface area contributed by atoms with Gasteiger partial charge >= 0.3 is 0 Å². The lowest BCUT2D eigenvalue weighted by Gasteiger charge is -2.19. The second kappa shape index (κ2) is 11.1. The van der Waals surface area contributed by atoms with Gasteiger partial charge in [-0.1, -0.05) is 44.5 Å². The Bertz CT molecular complexity index is 902. The topological polar surface area (TPSA) is 56.8 Å². The molecule has 2 aromatic heterocycles. The predicted octanol–water partition coefficient (Wildman–Crippen LogP) is 5.96. The van der Waals surface area contributed by atoms with Crippen molar-refractivity contribution in [3.63, 3.8) is 0 Å². The summed E-state index contributed by atoms with van der Waals surface area (Å²) >= 11 is 6.03. The van der Waals surface area contributed by atoms with Crippen LogP contribution in [0.4, 0.5) is 5.82 Å². The summed E-state index contributed by atoms with van der Waals surface area (Å²) < 4.78 is 0. The van der Waals surface area contributed by atoms with Crippen LogP contribution in [0.15, 0.2) is 48.8 Å². The summed E-state index contributed by atoms with van der Waals surface area (Å²) in [6.07, 6.45) is 6.16. The van der Waals surface area contributed by atoms with E-state index in [1.807, 2.05) is 42.7 Å². The van der Waals surface area contributed by atoms with Crippen molar-refractivity contribution in [3.05, 3.63) is 53.8 Å². The van der Waals surface area contributed by atoms with Crippen LogP contribution in [0, 0.1) is 5.92 Å². The van der Waals surface area contributed by atoms with Crippen molar-refractivity contribution in [3.8, 4) is 22.4 Å². The first kappa shape index (κ1) is 22.3. The molecule has 160 valence electrons. The number of hydrogen-bond donors (Lipinski definition) is 2. The van der Waals surface area contributed by atoms with Gasteiger partial charge in [0.1, 0.15) is 5.82 Å². The molecule has 0 spiro atoms. The fourth-order valence-electron chi connectivity index (χ4n) is 3.62. The Morgan fingerprint density at radius 2 is 1.87 bits per heavy atom. The van der Waals surface area contributed by atoms with Gasteiger partial charge in [-0.3, -0.25) is 5.10 Å². The molecule has 2 N–H and O–H groups in total. The number of H-pyrrole nitrogens is 1. The highest BCUT2D eigenvalue weighted by molar-refractivity contribution is 6.30. The van der Waals surface area contributed by atoms with Crippen LogP contribution in [-0.2, 0) is 0 Å². The molecule has 0 radical (unpaired) electrons. The zero-order valence-electron chi connectivity index (χ0n) is 18.2. The summed E-state index contributed by atoms with van der Waals surface area (Å²) in [7, 11) is 0. The van der Waals surface area contributed by atoms with Crippen LogP contribution in [0.25, 0.3) is 22.4 Å². The summed E-state index contributed by atoms with van der Waals surface area (Å²) in [5.74, 6) is 1.50. The number of aromatic amines is 1. The molecule has 3 rings (SSSR count). The van der Waals surface area contributed by atoms with Gasteiger partial charge < -0.3 is 10.2 Å². The average Bonchev–Trinajstić information content (AvgIpc) is 3.26. The third-order valence-corrected chi connectivity index (χ3v) is 5.79. The number of nitrogens with zero attached hydrogens (tertiary/aromatic N) is 3. The van der Waals surface area contributed by atoms with Gasteiger partial charge in [-0.2, -0.15) is 5.10 Å². The Labute approximate surface area is 184 Å². The maximum Gasteiger partial charge on any atom is 0.126 e. The van der Waals surface area contributed by atoms with E-state index < -0.39 is 0 Å². The van der Waals surface area contributed by atoms with Crippen molar-refractivity contribution in [2.75, 3.05) is 31.5 Å². The van der Waals surface area contributed by atoms with Crippen LogP contribution in [0.2, 0.25) is 5.02 Å². The Kier molecular flexibility index (Phi) is 8.29. The zero-order valence-corrected chi connectivity index (χ0v) is 18.9. The maximum atomic E-state index is 6.03. The molecule has 0 aliphatic heterocycles. The van der Waals surface area contributed by atoms with E-state index in [9.17, 15) is 0 Å². The van der Waals surface area contributed by atoms with E-state index in [0.29, 0.717) is 5.92 Å². The van der Waals surface area contributed by atoms with Crippen LogP contribution in [0.5, 0.6) is 0 Å². The minimum absolute atomic E-state index is 0.601. The van der Waals surface area contributed by atoms with Crippen LogP contribution in [0.3, 0.4) is 0 Å². The van der Waals surface area contributed by atoms with Gasteiger partial charge in [0.25, 0.3) is 0 Å². The number of hydrogen-bond acceptors (Lipinski definition) is 4. The van der Waals surface area contributed by atoms with Crippen LogP contribution < -0.4 is 5.32 Å². The highest BCUT2D eigenvalue weighted by Gasteiger charge is 2.11. The van der Waals surface area contributed by atoms with Gasteiger partial charge in [-0.25, -0.2) is 4.98 Å². The molecule has 0 bridgehead atoms. The molecule has 3 aromatic rings. The van der Waals surface area contributed by atoms with Gasteiger partial charge in [0.05, 0.1) is 11.9 Å². The van der Waals surface area contributed by atoms with E-state index >= 15 is 0 Å². The average molecular weight is 426 g/mol. The van der Waals surface area contributed by atoms with Crippen LogP contribution in [-0.4, -0.2) is 46.3 Å². The first-order valence-corrected chi connectivity index (χ1v) is 11.2. The summed E-state index contributed by atoms with van der Waals surface area (Å²) in [4.78, 5) is 6.98. The molecule has 0 fully saturated rings. The van der Waals surface area contributed by atoms with Crippen LogP contribution >= 0.6 is 11.6 Å². The molecular formula is C24H32ClN5. The summed E-state index contributed by atoms with van der Waals surface area (Å²) in [5.41, 5.74) is 4.17. The molecule has 0 amide bonds. The van der Waals surface area contributed by atoms with Crippen molar-refractivity contribution in [2.45, 2.75) is 33.6 Å². The molecule has 30 heavy (non-hydrogen) atoms. The van der Waals surface area contributed by atoms with Gasteiger partial charge in [0, 0.05) is 28.9 Å².